The molecule has 0 aliphatic carbocycles. The number of nitrogens with one attached hydrogen (secondary N) is 1. The minimum Gasteiger partial charge on any atom is -0.368 e. The van der Waals surface area contributed by atoms with Crippen LogP contribution >= 0.6 is 0 Å². The molecule has 3 N–H and O–H groups in total. The Morgan fingerprint density at radius 2 is 1.79 bits per heavy atom. The Hall–Kier alpha value is -0.820. The molecular formula is C12H24F3N3O. The zero-order chi connectivity index (χ0) is 15.1. The molecule has 0 aliphatic rings. The number of rotatable bonds is 9. The van der Waals surface area contributed by atoms with Crippen molar-refractivity contribution in [3.8, 4) is 0 Å². The summed E-state index contributed by atoms with van der Waals surface area (Å²) >= 11 is 0. The van der Waals surface area contributed by atoms with Gasteiger partial charge in [-0.05, 0) is 33.4 Å². The van der Waals surface area contributed by atoms with E-state index < -0.39 is 24.0 Å². The SMILES string of the molecule is CCCNC(C)(CCN(C)CCC(F)(F)F)C(N)=O. The highest BCUT2D eigenvalue weighted by Crippen LogP contribution is 2.19. The molecule has 0 aromatic carbocycles. The summed E-state index contributed by atoms with van der Waals surface area (Å²) < 4.78 is 36.2. The highest BCUT2D eigenvalue weighted by atomic mass is 19.4. The zero-order valence-electron chi connectivity index (χ0n) is 11.8. The van der Waals surface area contributed by atoms with Gasteiger partial charge in [0.25, 0.3) is 0 Å². The molecule has 0 radical (unpaired) electrons. The molecule has 0 heterocycles. The normalized spacial score (nSPS) is 15.5. The summed E-state index contributed by atoms with van der Waals surface area (Å²) in [7, 11) is 1.60. The molecule has 1 unspecified atom stereocenters. The Morgan fingerprint density at radius 3 is 2.21 bits per heavy atom. The Labute approximate surface area is 112 Å². The van der Waals surface area contributed by atoms with E-state index in [0.717, 1.165) is 6.42 Å². The predicted octanol–water partition coefficient (Wildman–Crippen LogP) is 1.50. The summed E-state index contributed by atoms with van der Waals surface area (Å²) in [4.78, 5) is 13.0. The van der Waals surface area contributed by atoms with Crippen molar-refractivity contribution in [2.24, 2.45) is 5.73 Å². The lowest BCUT2D eigenvalue weighted by Gasteiger charge is -2.29. The highest BCUT2D eigenvalue weighted by Gasteiger charge is 2.31. The van der Waals surface area contributed by atoms with E-state index in [2.05, 4.69) is 5.32 Å². The fourth-order valence-corrected chi connectivity index (χ4v) is 1.54. The maximum absolute atomic E-state index is 12.1. The number of halogens is 3. The first-order valence-electron chi connectivity index (χ1n) is 6.41. The molecule has 7 heteroatoms. The van der Waals surface area contributed by atoms with Crippen LogP contribution in [0.25, 0.3) is 0 Å². The number of alkyl halides is 3. The van der Waals surface area contributed by atoms with Gasteiger partial charge in [0.05, 0.1) is 12.0 Å². The number of nitrogens with zero attached hydrogens (tertiary/aromatic N) is 1. The van der Waals surface area contributed by atoms with Crippen molar-refractivity contribution in [2.75, 3.05) is 26.7 Å². The number of hydrogen-bond donors (Lipinski definition) is 2. The summed E-state index contributed by atoms with van der Waals surface area (Å²) in [6.45, 7) is 4.59. The van der Waals surface area contributed by atoms with E-state index in [0.29, 0.717) is 19.5 Å². The standard InChI is InChI=1S/C12H24F3N3O/c1-4-7-17-11(2,10(16)19)5-8-18(3)9-6-12(13,14)15/h17H,4-9H2,1-3H3,(H2,16,19). The summed E-state index contributed by atoms with van der Waals surface area (Å²) in [5.74, 6) is -0.481. The van der Waals surface area contributed by atoms with E-state index in [-0.39, 0.29) is 6.54 Å². The lowest BCUT2D eigenvalue weighted by Crippen LogP contribution is -2.54. The molecule has 0 rings (SSSR count). The third kappa shape index (κ3) is 8.05. The first kappa shape index (κ1) is 18.2. The minimum absolute atomic E-state index is 0.0773. The van der Waals surface area contributed by atoms with Gasteiger partial charge in [-0.1, -0.05) is 6.92 Å². The molecule has 19 heavy (non-hydrogen) atoms. The molecule has 4 nitrogen and oxygen atoms in total. The van der Waals surface area contributed by atoms with Crippen LogP contribution < -0.4 is 11.1 Å². The van der Waals surface area contributed by atoms with Gasteiger partial charge in [0.1, 0.15) is 0 Å². The molecule has 0 aliphatic heterocycles. The fourth-order valence-electron chi connectivity index (χ4n) is 1.54. The van der Waals surface area contributed by atoms with Crippen LogP contribution in [0.15, 0.2) is 0 Å². The largest absolute Gasteiger partial charge is 0.390 e. The van der Waals surface area contributed by atoms with Crippen molar-refractivity contribution in [1.82, 2.24) is 10.2 Å². The number of primary amides is 1. The van der Waals surface area contributed by atoms with E-state index in [4.69, 9.17) is 5.73 Å². The fraction of sp³-hybridized carbons (Fsp3) is 0.917. The molecule has 0 bridgehead atoms. The van der Waals surface area contributed by atoms with Crippen molar-refractivity contribution >= 4 is 5.91 Å². The summed E-state index contributed by atoms with van der Waals surface area (Å²) in [5.41, 5.74) is 4.47. The lowest BCUT2D eigenvalue weighted by molar-refractivity contribution is -0.137. The van der Waals surface area contributed by atoms with E-state index in [1.54, 1.807) is 18.9 Å². The van der Waals surface area contributed by atoms with Crippen LogP contribution in [0.2, 0.25) is 0 Å². The van der Waals surface area contributed by atoms with Gasteiger partial charge in [-0.15, -0.1) is 0 Å². The summed E-state index contributed by atoms with van der Waals surface area (Å²) in [6, 6.07) is 0. The van der Waals surface area contributed by atoms with Gasteiger partial charge < -0.3 is 16.0 Å². The van der Waals surface area contributed by atoms with Crippen LogP contribution in [0, 0.1) is 0 Å². The van der Waals surface area contributed by atoms with Crippen LogP contribution in [0.4, 0.5) is 13.2 Å². The molecular weight excluding hydrogens is 259 g/mol. The molecule has 0 spiro atoms. The number of hydrogen-bond acceptors (Lipinski definition) is 3. The molecule has 0 aromatic heterocycles. The monoisotopic (exact) mass is 283 g/mol. The second-order valence-electron chi connectivity index (χ2n) is 5.04. The third-order valence-electron chi connectivity index (χ3n) is 3.08. The maximum Gasteiger partial charge on any atom is 0.390 e. The van der Waals surface area contributed by atoms with Crippen molar-refractivity contribution in [3.63, 3.8) is 0 Å². The van der Waals surface area contributed by atoms with Crippen LogP contribution in [-0.4, -0.2) is 49.2 Å². The van der Waals surface area contributed by atoms with E-state index in [1.807, 2.05) is 6.92 Å². The number of carbonyl (C=O) groups is 1. The Bertz CT molecular complexity index is 284. The highest BCUT2D eigenvalue weighted by molar-refractivity contribution is 5.84. The first-order valence-corrected chi connectivity index (χ1v) is 6.41. The lowest BCUT2D eigenvalue weighted by atomic mass is 9.96. The Morgan fingerprint density at radius 1 is 1.26 bits per heavy atom. The van der Waals surface area contributed by atoms with Gasteiger partial charge in [-0.3, -0.25) is 4.79 Å². The summed E-state index contributed by atoms with van der Waals surface area (Å²) in [6.07, 6.45) is -3.76. The van der Waals surface area contributed by atoms with Crippen LogP contribution in [0.3, 0.4) is 0 Å². The molecule has 0 saturated heterocycles. The molecule has 1 amide bonds. The van der Waals surface area contributed by atoms with Crippen molar-refractivity contribution < 1.29 is 18.0 Å². The minimum atomic E-state index is -4.15. The molecule has 0 aromatic rings. The van der Waals surface area contributed by atoms with Gasteiger partial charge in [0, 0.05) is 13.1 Å². The molecule has 1 atom stereocenters. The van der Waals surface area contributed by atoms with Crippen molar-refractivity contribution in [2.45, 2.75) is 44.8 Å². The maximum atomic E-state index is 12.1. The molecule has 114 valence electrons. The van der Waals surface area contributed by atoms with Crippen molar-refractivity contribution in [1.29, 1.82) is 0 Å². The van der Waals surface area contributed by atoms with E-state index in [9.17, 15) is 18.0 Å². The van der Waals surface area contributed by atoms with Crippen molar-refractivity contribution in [3.05, 3.63) is 0 Å². The number of amides is 1. The Balaban J connectivity index is 4.21. The average molecular weight is 283 g/mol. The molecule has 0 saturated carbocycles. The van der Waals surface area contributed by atoms with Gasteiger partial charge in [0.2, 0.25) is 5.91 Å². The van der Waals surface area contributed by atoms with Crippen LogP contribution in [0.5, 0.6) is 0 Å². The number of nitrogens with two attached hydrogens (primary N) is 1. The third-order valence-corrected chi connectivity index (χ3v) is 3.08. The second kappa shape index (κ2) is 7.69. The predicted molar refractivity (Wildman–Crippen MR) is 68.7 cm³/mol. The topological polar surface area (TPSA) is 58.4 Å². The van der Waals surface area contributed by atoms with E-state index >= 15 is 0 Å². The van der Waals surface area contributed by atoms with Crippen LogP contribution in [0.1, 0.15) is 33.1 Å². The van der Waals surface area contributed by atoms with Gasteiger partial charge in [-0.2, -0.15) is 13.2 Å². The summed E-state index contributed by atoms with van der Waals surface area (Å²) in [5, 5.41) is 3.05. The second-order valence-corrected chi connectivity index (χ2v) is 5.04. The number of carbonyl (C=O) groups excluding carboxylic acids is 1. The smallest absolute Gasteiger partial charge is 0.368 e. The zero-order valence-corrected chi connectivity index (χ0v) is 11.8. The molecule has 0 fully saturated rings. The Kier molecular flexibility index (Phi) is 7.36. The van der Waals surface area contributed by atoms with Gasteiger partial charge >= 0.3 is 6.18 Å². The van der Waals surface area contributed by atoms with E-state index in [1.165, 1.54) is 0 Å². The quantitative estimate of drug-likeness (QED) is 0.674. The average Bonchev–Trinajstić information content (AvgIpc) is 2.30. The van der Waals surface area contributed by atoms with Gasteiger partial charge in [-0.25, -0.2) is 0 Å². The first-order chi connectivity index (χ1) is 8.60. The van der Waals surface area contributed by atoms with Gasteiger partial charge in [0.15, 0.2) is 0 Å². The van der Waals surface area contributed by atoms with Crippen LogP contribution in [-0.2, 0) is 4.79 Å².